The van der Waals surface area contributed by atoms with Crippen LogP contribution in [-0.4, -0.2) is 68.7 Å². The lowest BCUT2D eigenvalue weighted by molar-refractivity contribution is -0.117. The van der Waals surface area contributed by atoms with Gasteiger partial charge in [0.1, 0.15) is 0 Å². The van der Waals surface area contributed by atoms with Gasteiger partial charge in [-0.3, -0.25) is 9.69 Å². The van der Waals surface area contributed by atoms with Crippen LogP contribution in [0.3, 0.4) is 0 Å². The summed E-state index contributed by atoms with van der Waals surface area (Å²) in [5.41, 5.74) is 4.54. The minimum atomic E-state index is -0.201. The lowest BCUT2D eigenvalue weighted by Crippen LogP contribution is -2.50. The Morgan fingerprint density at radius 2 is 1.72 bits per heavy atom. The zero-order valence-electron chi connectivity index (χ0n) is 19.0. The van der Waals surface area contributed by atoms with E-state index in [1.807, 2.05) is 31.2 Å². The maximum absolute atomic E-state index is 12.5. The summed E-state index contributed by atoms with van der Waals surface area (Å²) in [4.78, 5) is 31.3. The second-order valence-corrected chi connectivity index (χ2v) is 8.74. The number of amides is 3. The number of nitrogens with one attached hydrogen (secondary N) is 2. The molecule has 7 heteroatoms. The second-order valence-electron chi connectivity index (χ2n) is 8.74. The minimum absolute atomic E-state index is 0.0508. The standard InChI is InChI=1S/C25H33N5O2/c1-19-8-9-23(16-20(19)2)30-18-21(17-24(30)31)27-25(32)26-10-11-28-12-14-29(15-13-28)22-6-4-3-5-7-22/h3-9,16,21H,10-15,17-18H2,1-2H3,(H2,26,27,32)/t21-/m1/s1. The van der Waals surface area contributed by atoms with E-state index in [1.54, 1.807) is 4.90 Å². The average Bonchev–Trinajstić information content (AvgIpc) is 3.16. The molecule has 2 N–H and O–H groups in total. The van der Waals surface area contributed by atoms with Crippen LogP contribution in [0.15, 0.2) is 48.5 Å². The van der Waals surface area contributed by atoms with Crippen molar-refractivity contribution in [2.24, 2.45) is 0 Å². The number of aryl methyl sites for hydroxylation is 2. The summed E-state index contributed by atoms with van der Waals surface area (Å²) in [6, 6.07) is 16.2. The van der Waals surface area contributed by atoms with Crippen molar-refractivity contribution < 1.29 is 9.59 Å². The van der Waals surface area contributed by atoms with Crippen LogP contribution in [-0.2, 0) is 4.79 Å². The van der Waals surface area contributed by atoms with Crippen LogP contribution in [0.2, 0.25) is 0 Å². The van der Waals surface area contributed by atoms with E-state index < -0.39 is 0 Å². The fraction of sp³-hybridized carbons (Fsp3) is 0.440. The second kappa shape index (κ2) is 10.0. The minimum Gasteiger partial charge on any atom is -0.369 e. The van der Waals surface area contributed by atoms with Gasteiger partial charge in [-0.05, 0) is 49.2 Å². The SMILES string of the molecule is Cc1ccc(N2C[C@H](NC(=O)NCCN3CCN(c4ccccc4)CC3)CC2=O)cc1C. The third kappa shape index (κ3) is 5.40. The monoisotopic (exact) mass is 435 g/mol. The lowest BCUT2D eigenvalue weighted by atomic mass is 10.1. The van der Waals surface area contributed by atoms with Crippen LogP contribution >= 0.6 is 0 Å². The highest BCUT2D eigenvalue weighted by Gasteiger charge is 2.31. The quantitative estimate of drug-likeness (QED) is 0.732. The van der Waals surface area contributed by atoms with Gasteiger partial charge < -0.3 is 20.4 Å². The van der Waals surface area contributed by atoms with Crippen LogP contribution in [0.5, 0.6) is 0 Å². The smallest absolute Gasteiger partial charge is 0.315 e. The Labute approximate surface area is 190 Å². The molecule has 32 heavy (non-hydrogen) atoms. The summed E-state index contributed by atoms with van der Waals surface area (Å²) < 4.78 is 0. The molecule has 1 atom stereocenters. The van der Waals surface area contributed by atoms with Crippen molar-refractivity contribution in [3.63, 3.8) is 0 Å². The molecular weight excluding hydrogens is 402 g/mol. The first kappa shape index (κ1) is 22.1. The molecular formula is C25H33N5O2. The van der Waals surface area contributed by atoms with E-state index in [2.05, 4.69) is 51.6 Å². The first-order chi connectivity index (χ1) is 15.5. The van der Waals surface area contributed by atoms with E-state index in [0.29, 0.717) is 19.5 Å². The average molecular weight is 436 g/mol. The van der Waals surface area contributed by atoms with Gasteiger partial charge in [0.05, 0.1) is 6.04 Å². The van der Waals surface area contributed by atoms with Crippen molar-refractivity contribution in [2.75, 3.05) is 55.6 Å². The first-order valence-corrected chi connectivity index (χ1v) is 11.4. The molecule has 170 valence electrons. The predicted molar refractivity (Wildman–Crippen MR) is 128 cm³/mol. The topological polar surface area (TPSA) is 67.9 Å². The maximum atomic E-state index is 12.5. The highest BCUT2D eigenvalue weighted by molar-refractivity contribution is 5.96. The van der Waals surface area contributed by atoms with Gasteiger partial charge in [-0.25, -0.2) is 4.79 Å². The fourth-order valence-corrected chi connectivity index (χ4v) is 4.38. The first-order valence-electron chi connectivity index (χ1n) is 11.4. The molecule has 3 amide bonds. The van der Waals surface area contributed by atoms with Gasteiger partial charge in [0, 0.05) is 63.6 Å². The van der Waals surface area contributed by atoms with Crippen LogP contribution in [0.4, 0.5) is 16.2 Å². The molecule has 2 aliphatic heterocycles. The van der Waals surface area contributed by atoms with Crippen molar-refractivity contribution in [2.45, 2.75) is 26.3 Å². The lowest BCUT2D eigenvalue weighted by Gasteiger charge is -2.36. The number of carbonyl (C=O) groups excluding carboxylic acids is 2. The van der Waals surface area contributed by atoms with E-state index in [0.717, 1.165) is 44.0 Å². The molecule has 0 unspecified atom stereocenters. The Hall–Kier alpha value is -3.06. The van der Waals surface area contributed by atoms with E-state index >= 15 is 0 Å². The number of para-hydroxylation sites is 1. The van der Waals surface area contributed by atoms with Crippen LogP contribution in [0.25, 0.3) is 0 Å². The number of carbonyl (C=O) groups is 2. The highest BCUT2D eigenvalue weighted by atomic mass is 16.2. The number of benzene rings is 2. The summed E-state index contributed by atoms with van der Waals surface area (Å²) in [7, 11) is 0. The number of anilines is 2. The molecule has 2 fully saturated rings. The number of nitrogens with zero attached hydrogens (tertiary/aromatic N) is 3. The van der Waals surface area contributed by atoms with E-state index in [-0.39, 0.29) is 18.0 Å². The van der Waals surface area contributed by atoms with Crippen molar-refractivity contribution in [3.8, 4) is 0 Å². The van der Waals surface area contributed by atoms with Gasteiger partial charge in [0.2, 0.25) is 5.91 Å². The molecule has 2 aromatic rings. The number of urea groups is 1. The summed E-state index contributed by atoms with van der Waals surface area (Å²) in [5.74, 6) is 0.0508. The molecule has 0 spiro atoms. The Morgan fingerprint density at radius 3 is 2.44 bits per heavy atom. The predicted octanol–water partition coefficient (Wildman–Crippen LogP) is 2.53. The Morgan fingerprint density at radius 1 is 0.969 bits per heavy atom. The van der Waals surface area contributed by atoms with Gasteiger partial charge in [0.25, 0.3) is 0 Å². The summed E-state index contributed by atoms with van der Waals surface area (Å²) >= 11 is 0. The van der Waals surface area contributed by atoms with Crippen molar-refractivity contribution in [1.82, 2.24) is 15.5 Å². The maximum Gasteiger partial charge on any atom is 0.315 e. The number of hydrogen-bond acceptors (Lipinski definition) is 4. The molecule has 0 bridgehead atoms. The van der Waals surface area contributed by atoms with E-state index in [1.165, 1.54) is 11.3 Å². The fourth-order valence-electron chi connectivity index (χ4n) is 4.38. The van der Waals surface area contributed by atoms with Gasteiger partial charge in [0.15, 0.2) is 0 Å². The van der Waals surface area contributed by atoms with E-state index in [9.17, 15) is 9.59 Å². The summed E-state index contributed by atoms with van der Waals surface area (Å²) in [6.45, 7) is 10.0. The third-order valence-electron chi connectivity index (χ3n) is 6.47. The molecule has 2 aromatic carbocycles. The van der Waals surface area contributed by atoms with Gasteiger partial charge >= 0.3 is 6.03 Å². The van der Waals surface area contributed by atoms with E-state index in [4.69, 9.17) is 0 Å². The summed E-state index contributed by atoms with van der Waals surface area (Å²) in [5, 5.41) is 5.91. The van der Waals surface area contributed by atoms with Crippen molar-refractivity contribution in [3.05, 3.63) is 59.7 Å². The molecule has 2 aliphatic rings. The number of hydrogen-bond donors (Lipinski definition) is 2. The molecule has 7 nitrogen and oxygen atoms in total. The van der Waals surface area contributed by atoms with Crippen molar-refractivity contribution >= 4 is 23.3 Å². The molecule has 2 saturated heterocycles. The normalized spacial score (nSPS) is 19.3. The zero-order chi connectivity index (χ0) is 22.5. The zero-order valence-corrected chi connectivity index (χ0v) is 19.0. The molecule has 4 rings (SSSR count). The van der Waals surface area contributed by atoms with Crippen molar-refractivity contribution in [1.29, 1.82) is 0 Å². The molecule has 0 radical (unpaired) electrons. The Balaban J connectivity index is 1.17. The largest absolute Gasteiger partial charge is 0.369 e. The summed E-state index contributed by atoms with van der Waals surface area (Å²) in [6.07, 6.45) is 0.335. The Bertz CT molecular complexity index is 941. The molecule has 0 aliphatic carbocycles. The highest BCUT2D eigenvalue weighted by Crippen LogP contribution is 2.24. The molecule has 0 saturated carbocycles. The number of rotatable bonds is 6. The molecule has 0 aromatic heterocycles. The Kier molecular flexibility index (Phi) is 6.95. The number of piperazine rings is 1. The molecule has 2 heterocycles. The van der Waals surface area contributed by atoms with Crippen LogP contribution in [0.1, 0.15) is 17.5 Å². The van der Waals surface area contributed by atoms with Gasteiger partial charge in [-0.15, -0.1) is 0 Å². The van der Waals surface area contributed by atoms with Crippen LogP contribution < -0.4 is 20.4 Å². The van der Waals surface area contributed by atoms with Gasteiger partial charge in [-0.1, -0.05) is 24.3 Å². The third-order valence-corrected chi connectivity index (χ3v) is 6.47. The van der Waals surface area contributed by atoms with Crippen LogP contribution in [0, 0.1) is 13.8 Å². The van der Waals surface area contributed by atoms with Gasteiger partial charge in [-0.2, -0.15) is 0 Å².